The molecule has 0 amide bonds. The van der Waals surface area contributed by atoms with Crippen LogP contribution in [0.2, 0.25) is 0 Å². The normalized spacial score (nSPS) is 12.3. The molecule has 1 unspecified atom stereocenters. The number of hydrogen-bond donors (Lipinski definition) is 1. The molecule has 82 valence electrons. The zero-order chi connectivity index (χ0) is 11.6. The summed E-state index contributed by atoms with van der Waals surface area (Å²) in [6, 6.07) is 1.45. The highest BCUT2D eigenvalue weighted by atomic mass is 19.1. The van der Waals surface area contributed by atoms with Crippen LogP contribution in [0.4, 0.5) is 10.2 Å². The van der Waals surface area contributed by atoms with Crippen LogP contribution in [0.25, 0.3) is 0 Å². The number of aromatic nitrogens is 1. The molecule has 0 spiro atoms. The SMILES string of the molecule is CC(C(=O)O)c1cc(N(C)C)ncc1F. The summed E-state index contributed by atoms with van der Waals surface area (Å²) in [4.78, 5) is 16.3. The first-order valence-corrected chi connectivity index (χ1v) is 4.49. The summed E-state index contributed by atoms with van der Waals surface area (Å²) in [5.74, 6) is -1.97. The van der Waals surface area contributed by atoms with Crippen molar-refractivity contribution in [1.82, 2.24) is 4.98 Å². The van der Waals surface area contributed by atoms with Gasteiger partial charge >= 0.3 is 5.97 Å². The molecule has 1 heterocycles. The van der Waals surface area contributed by atoms with Crippen molar-refractivity contribution in [3.63, 3.8) is 0 Å². The van der Waals surface area contributed by atoms with Crippen LogP contribution in [0.1, 0.15) is 18.4 Å². The van der Waals surface area contributed by atoms with Gasteiger partial charge in [-0.2, -0.15) is 0 Å². The van der Waals surface area contributed by atoms with Crippen LogP contribution in [-0.4, -0.2) is 30.2 Å². The Bertz CT molecular complexity index is 380. The van der Waals surface area contributed by atoms with Crippen molar-refractivity contribution in [2.45, 2.75) is 12.8 Å². The fourth-order valence-electron chi connectivity index (χ4n) is 1.15. The molecule has 1 N–H and O–H groups in total. The van der Waals surface area contributed by atoms with Gasteiger partial charge in [0.1, 0.15) is 11.6 Å². The Morgan fingerprint density at radius 2 is 2.20 bits per heavy atom. The second-order valence-corrected chi connectivity index (χ2v) is 3.52. The first kappa shape index (κ1) is 11.4. The lowest BCUT2D eigenvalue weighted by Gasteiger charge is -2.14. The van der Waals surface area contributed by atoms with Gasteiger partial charge in [-0.25, -0.2) is 9.37 Å². The molecular formula is C10H13FN2O2. The number of nitrogens with zero attached hydrogens (tertiary/aromatic N) is 2. The van der Waals surface area contributed by atoms with E-state index >= 15 is 0 Å². The molecule has 0 aromatic carbocycles. The van der Waals surface area contributed by atoms with Crippen molar-refractivity contribution in [1.29, 1.82) is 0 Å². The molecule has 0 saturated heterocycles. The van der Waals surface area contributed by atoms with Gasteiger partial charge in [-0.3, -0.25) is 4.79 Å². The van der Waals surface area contributed by atoms with Crippen LogP contribution in [0, 0.1) is 5.82 Å². The molecule has 1 atom stereocenters. The monoisotopic (exact) mass is 212 g/mol. The molecule has 0 fully saturated rings. The van der Waals surface area contributed by atoms with Gasteiger partial charge in [-0.15, -0.1) is 0 Å². The number of hydrogen-bond acceptors (Lipinski definition) is 3. The van der Waals surface area contributed by atoms with Gasteiger partial charge < -0.3 is 10.0 Å². The Hall–Kier alpha value is -1.65. The van der Waals surface area contributed by atoms with E-state index in [0.29, 0.717) is 5.82 Å². The van der Waals surface area contributed by atoms with Gasteiger partial charge in [-0.05, 0) is 13.0 Å². The van der Waals surface area contributed by atoms with Crippen LogP contribution in [0.3, 0.4) is 0 Å². The van der Waals surface area contributed by atoms with Crippen molar-refractivity contribution < 1.29 is 14.3 Å². The number of carboxylic acid groups (broad SMARTS) is 1. The molecular weight excluding hydrogens is 199 g/mol. The van der Waals surface area contributed by atoms with Crippen molar-refractivity contribution >= 4 is 11.8 Å². The van der Waals surface area contributed by atoms with E-state index in [1.54, 1.807) is 19.0 Å². The summed E-state index contributed by atoms with van der Waals surface area (Å²) < 4.78 is 13.3. The minimum absolute atomic E-state index is 0.154. The number of aliphatic carboxylic acids is 1. The first-order valence-electron chi connectivity index (χ1n) is 4.49. The molecule has 0 saturated carbocycles. The summed E-state index contributed by atoms with van der Waals surface area (Å²) >= 11 is 0. The van der Waals surface area contributed by atoms with Gasteiger partial charge in [0.2, 0.25) is 0 Å². The molecule has 5 heteroatoms. The number of anilines is 1. The summed E-state index contributed by atoms with van der Waals surface area (Å²) in [5, 5.41) is 8.79. The fraction of sp³-hybridized carbons (Fsp3) is 0.400. The molecule has 4 nitrogen and oxygen atoms in total. The van der Waals surface area contributed by atoms with Gasteiger partial charge in [0, 0.05) is 19.7 Å². The smallest absolute Gasteiger partial charge is 0.310 e. The number of carbonyl (C=O) groups is 1. The van der Waals surface area contributed by atoms with Gasteiger partial charge in [-0.1, -0.05) is 0 Å². The lowest BCUT2D eigenvalue weighted by molar-refractivity contribution is -0.138. The molecule has 15 heavy (non-hydrogen) atoms. The zero-order valence-corrected chi connectivity index (χ0v) is 8.86. The Labute approximate surface area is 87.4 Å². The molecule has 0 aliphatic heterocycles. The van der Waals surface area contributed by atoms with Gasteiger partial charge in [0.15, 0.2) is 0 Å². The van der Waals surface area contributed by atoms with E-state index in [1.807, 2.05) is 0 Å². The second-order valence-electron chi connectivity index (χ2n) is 3.52. The predicted molar refractivity (Wildman–Crippen MR) is 54.6 cm³/mol. The maximum Gasteiger partial charge on any atom is 0.310 e. The topological polar surface area (TPSA) is 53.4 Å². The molecule has 1 aromatic heterocycles. The standard InChI is InChI=1S/C10H13FN2O2/c1-6(10(14)15)7-4-9(13(2)3)12-5-8(7)11/h4-6H,1-3H3,(H,14,15). The number of carboxylic acids is 1. The average molecular weight is 212 g/mol. The van der Waals surface area contributed by atoms with E-state index in [-0.39, 0.29) is 5.56 Å². The van der Waals surface area contributed by atoms with Crippen molar-refractivity contribution in [2.75, 3.05) is 19.0 Å². The van der Waals surface area contributed by atoms with E-state index in [1.165, 1.54) is 13.0 Å². The third-order valence-electron chi connectivity index (χ3n) is 2.17. The van der Waals surface area contributed by atoms with Crippen LogP contribution in [0.15, 0.2) is 12.3 Å². The predicted octanol–water partition coefficient (Wildman–Crippen LogP) is 1.47. The van der Waals surface area contributed by atoms with Gasteiger partial charge in [0.25, 0.3) is 0 Å². The lowest BCUT2D eigenvalue weighted by Crippen LogP contribution is -2.14. The highest BCUT2D eigenvalue weighted by molar-refractivity contribution is 5.75. The van der Waals surface area contributed by atoms with Crippen LogP contribution < -0.4 is 4.90 Å². The third-order valence-corrected chi connectivity index (χ3v) is 2.17. The quantitative estimate of drug-likeness (QED) is 0.824. The highest BCUT2D eigenvalue weighted by Crippen LogP contribution is 2.22. The number of rotatable bonds is 3. The van der Waals surface area contributed by atoms with E-state index in [9.17, 15) is 9.18 Å². The molecule has 0 bridgehead atoms. The highest BCUT2D eigenvalue weighted by Gasteiger charge is 2.19. The minimum atomic E-state index is -1.05. The fourth-order valence-corrected chi connectivity index (χ4v) is 1.15. The summed E-state index contributed by atoms with van der Waals surface area (Å²) in [7, 11) is 3.52. The first-order chi connectivity index (χ1) is 6.93. The van der Waals surface area contributed by atoms with Crippen LogP contribution in [0.5, 0.6) is 0 Å². The van der Waals surface area contributed by atoms with Crippen LogP contribution >= 0.6 is 0 Å². The molecule has 1 aromatic rings. The summed E-state index contributed by atoms with van der Waals surface area (Å²) in [5.41, 5.74) is 0.154. The molecule has 0 aliphatic carbocycles. The maximum absolute atomic E-state index is 13.3. The largest absolute Gasteiger partial charge is 0.481 e. The number of halogens is 1. The van der Waals surface area contributed by atoms with E-state index in [4.69, 9.17) is 5.11 Å². The molecule has 1 rings (SSSR count). The average Bonchev–Trinajstić information content (AvgIpc) is 2.16. The zero-order valence-electron chi connectivity index (χ0n) is 8.86. The van der Waals surface area contributed by atoms with Crippen molar-refractivity contribution in [2.24, 2.45) is 0 Å². The lowest BCUT2D eigenvalue weighted by atomic mass is 10.0. The van der Waals surface area contributed by atoms with Crippen LogP contribution in [-0.2, 0) is 4.79 Å². The number of pyridine rings is 1. The minimum Gasteiger partial charge on any atom is -0.481 e. The third kappa shape index (κ3) is 2.43. The summed E-state index contributed by atoms with van der Waals surface area (Å²) in [6.07, 6.45) is 1.05. The molecule has 0 aliphatic rings. The van der Waals surface area contributed by atoms with Gasteiger partial charge in [0.05, 0.1) is 12.1 Å². The van der Waals surface area contributed by atoms with E-state index in [2.05, 4.69) is 4.98 Å². The Morgan fingerprint density at radius 1 is 1.60 bits per heavy atom. The Balaban J connectivity index is 3.16. The Kier molecular flexibility index (Phi) is 3.24. The van der Waals surface area contributed by atoms with E-state index < -0.39 is 17.7 Å². The second kappa shape index (κ2) is 4.25. The Morgan fingerprint density at radius 3 is 2.67 bits per heavy atom. The maximum atomic E-state index is 13.3. The van der Waals surface area contributed by atoms with Crippen molar-refractivity contribution in [3.05, 3.63) is 23.6 Å². The van der Waals surface area contributed by atoms with E-state index in [0.717, 1.165) is 6.20 Å². The molecule has 0 radical (unpaired) electrons. The van der Waals surface area contributed by atoms with Crippen molar-refractivity contribution in [3.8, 4) is 0 Å². The summed E-state index contributed by atoms with van der Waals surface area (Å²) in [6.45, 7) is 1.44.